The highest BCUT2D eigenvalue weighted by molar-refractivity contribution is 5.93. The predicted octanol–water partition coefficient (Wildman–Crippen LogP) is 1.99. The first-order valence-electron chi connectivity index (χ1n) is 5.46. The molecule has 0 aliphatic rings. The number of nitrogens with zero attached hydrogens (tertiary/aromatic N) is 2. The van der Waals surface area contributed by atoms with E-state index in [0.717, 1.165) is 10.9 Å². The third kappa shape index (κ3) is 2.38. The van der Waals surface area contributed by atoms with Gasteiger partial charge in [0.25, 0.3) is 0 Å². The number of fused-ring (bicyclic) bond motifs is 1. The Morgan fingerprint density at radius 1 is 1.44 bits per heavy atom. The number of aliphatic carboxylic acids is 1. The Kier molecular flexibility index (Phi) is 3.39. The molecule has 90 valence electrons. The van der Waals surface area contributed by atoms with Crippen LogP contribution >= 0.6 is 0 Å². The Labute approximate surface area is 104 Å². The van der Waals surface area contributed by atoms with Crippen LogP contribution in [0.2, 0.25) is 0 Å². The first-order valence-corrected chi connectivity index (χ1v) is 5.46. The molecule has 0 atom stereocenters. The zero-order valence-electron chi connectivity index (χ0n) is 9.55. The molecule has 18 heavy (non-hydrogen) atoms. The lowest BCUT2D eigenvalue weighted by Crippen LogP contribution is -2.09. The van der Waals surface area contributed by atoms with Crippen LogP contribution in [0, 0.1) is 11.3 Å². The second-order valence-electron chi connectivity index (χ2n) is 3.75. The maximum absolute atomic E-state index is 10.5. The number of aromatic nitrogens is 1. The highest BCUT2D eigenvalue weighted by Crippen LogP contribution is 2.25. The summed E-state index contributed by atoms with van der Waals surface area (Å²) in [6.45, 7) is 0.276. The molecule has 0 saturated carbocycles. The van der Waals surface area contributed by atoms with Crippen molar-refractivity contribution < 1.29 is 9.90 Å². The third-order valence-corrected chi connectivity index (χ3v) is 2.54. The van der Waals surface area contributed by atoms with E-state index in [9.17, 15) is 4.79 Å². The van der Waals surface area contributed by atoms with Crippen molar-refractivity contribution in [1.29, 1.82) is 5.26 Å². The summed E-state index contributed by atoms with van der Waals surface area (Å²) in [5.74, 6) is -0.876. The number of hydrogen-bond acceptors (Lipinski definition) is 4. The normalized spacial score (nSPS) is 9.94. The van der Waals surface area contributed by atoms with Gasteiger partial charge >= 0.3 is 5.97 Å². The van der Waals surface area contributed by atoms with Crippen LogP contribution < -0.4 is 5.32 Å². The number of rotatable bonds is 4. The van der Waals surface area contributed by atoms with Crippen LogP contribution in [0.25, 0.3) is 10.9 Å². The van der Waals surface area contributed by atoms with E-state index < -0.39 is 5.97 Å². The van der Waals surface area contributed by atoms with E-state index in [2.05, 4.69) is 16.4 Å². The molecule has 0 aliphatic heterocycles. The van der Waals surface area contributed by atoms with Crippen LogP contribution in [0.5, 0.6) is 0 Å². The lowest BCUT2D eigenvalue weighted by Gasteiger charge is -2.10. The molecular weight excluding hydrogens is 230 g/mol. The third-order valence-electron chi connectivity index (χ3n) is 2.54. The Bertz CT molecular complexity index is 632. The monoisotopic (exact) mass is 241 g/mol. The number of carboxylic acids is 1. The summed E-state index contributed by atoms with van der Waals surface area (Å²) < 4.78 is 0. The molecular formula is C13H11N3O2. The topological polar surface area (TPSA) is 86.0 Å². The van der Waals surface area contributed by atoms with E-state index in [0.29, 0.717) is 11.3 Å². The molecule has 0 saturated heterocycles. The molecule has 0 spiro atoms. The fraction of sp³-hybridized carbons (Fsp3) is 0.154. The molecule has 5 heteroatoms. The highest BCUT2D eigenvalue weighted by atomic mass is 16.4. The number of carbonyl (C=O) groups is 1. The van der Waals surface area contributed by atoms with E-state index in [1.165, 1.54) is 6.20 Å². The van der Waals surface area contributed by atoms with Gasteiger partial charge in [0, 0.05) is 18.1 Å². The van der Waals surface area contributed by atoms with Gasteiger partial charge in [-0.3, -0.25) is 9.78 Å². The van der Waals surface area contributed by atoms with Gasteiger partial charge in [-0.05, 0) is 6.07 Å². The lowest BCUT2D eigenvalue weighted by molar-refractivity contribution is -0.136. The number of anilines is 1. The summed E-state index contributed by atoms with van der Waals surface area (Å²) in [6.07, 6.45) is 1.49. The quantitative estimate of drug-likeness (QED) is 0.854. The van der Waals surface area contributed by atoms with Crippen molar-refractivity contribution in [3.63, 3.8) is 0 Å². The predicted molar refractivity (Wildman–Crippen MR) is 67.2 cm³/mol. The van der Waals surface area contributed by atoms with Crippen molar-refractivity contribution in [3.8, 4) is 6.07 Å². The van der Waals surface area contributed by atoms with Gasteiger partial charge in [-0.1, -0.05) is 18.2 Å². The molecule has 0 unspecified atom stereocenters. The van der Waals surface area contributed by atoms with Gasteiger partial charge < -0.3 is 10.4 Å². The summed E-state index contributed by atoms with van der Waals surface area (Å²) >= 11 is 0. The number of benzene rings is 1. The number of carboxylic acid groups (broad SMARTS) is 1. The second kappa shape index (κ2) is 5.15. The molecule has 1 aromatic carbocycles. The minimum Gasteiger partial charge on any atom is -0.481 e. The summed E-state index contributed by atoms with van der Waals surface area (Å²) in [5, 5.41) is 21.5. The van der Waals surface area contributed by atoms with Crippen LogP contribution in [0.1, 0.15) is 12.0 Å². The van der Waals surface area contributed by atoms with Gasteiger partial charge in [0.15, 0.2) is 0 Å². The summed E-state index contributed by atoms with van der Waals surface area (Å²) in [5.41, 5.74) is 1.83. The Hall–Kier alpha value is -2.61. The zero-order valence-corrected chi connectivity index (χ0v) is 9.55. The van der Waals surface area contributed by atoms with Gasteiger partial charge in [0.05, 0.1) is 23.2 Å². The minimum absolute atomic E-state index is 0.00151. The van der Waals surface area contributed by atoms with Gasteiger partial charge in [-0.2, -0.15) is 5.26 Å². The van der Waals surface area contributed by atoms with Gasteiger partial charge in [-0.25, -0.2) is 0 Å². The Morgan fingerprint density at radius 3 is 2.94 bits per heavy atom. The van der Waals surface area contributed by atoms with E-state index in [4.69, 9.17) is 10.4 Å². The number of nitriles is 1. The maximum atomic E-state index is 10.5. The average Bonchev–Trinajstić information content (AvgIpc) is 2.38. The molecule has 0 bridgehead atoms. The molecule has 0 fully saturated rings. The molecule has 5 nitrogen and oxygen atoms in total. The van der Waals surface area contributed by atoms with Crippen LogP contribution in [-0.4, -0.2) is 22.6 Å². The van der Waals surface area contributed by atoms with Crippen molar-refractivity contribution in [1.82, 2.24) is 4.98 Å². The number of hydrogen-bond donors (Lipinski definition) is 2. The van der Waals surface area contributed by atoms with Crippen LogP contribution in [-0.2, 0) is 4.79 Å². The first kappa shape index (κ1) is 11.9. The molecule has 2 N–H and O–H groups in total. The van der Waals surface area contributed by atoms with Gasteiger partial charge in [0.2, 0.25) is 0 Å². The fourth-order valence-electron chi connectivity index (χ4n) is 1.71. The van der Waals surface area contributed by atoms with Crippen molar-refractivity contribution in [2.75, 3.05) is 11.9 Å². The molecule has 0 amide bonds. The van der Waals surface area contributed by atoms with Crippen LogP contribution in [0.15, 0.2) is 30.5 Å². The van der Waals surface area contributed by atoms with Crippen molar-refractivity contribution in [3.05, 3.63) is 36.0 Å². The SMILES string of the molecule is N#Cc1cnc2ccccc2c1NCCC(=O)O. The number of para-hydroxylation sites is 1. The van der Waals surface area contributed by atoms with Gasteiger partial charge in [0.1, 0.15) is 6.07 Å². The molecule has 0 aliphatic carbocycles. The molecule has 1 aromatic heterocycles. The largest absolute Gasteiger partial charge is 0.481 e. The summed E-state index contributed by atoms with van der Waals surface area (Å²) in [6, 6.07) is 9.47. The Balaban J connectivity index is 2.39. The van der Waals surface area contributed by atoms with Crippen molar-refractivity contribution >= 4 is 22.6 Å². The number of pyridine rings is 1. The van der Waals surface area contributed by atoms with Crippen molar-refractivity contribution in [2.24, 2.45) is 0 Å². The molecule has 1 heterocycles. The van der Waals surface area contributed by atoms with Gasteiger partial charge in [-0.15, -0.1) is 0 Å². The molecule has 2 aromatic rings. The summed E-state index contributed by atoms with van der Waals surface area (Å²) in [4.78, 5) is 14.7. The standard InChI is InChI=1S/C13H11N3O2/c14-7-9-8-16-11-4-2-1-3-10(11)13(9)15-6-5-12(17)18/h1-4,8H,5-6H2,(H,15,16)(H,17,18). The Morgan fingerprint density at radius 2 is 2.22 bits per heavy atom. The highest BCUT2D eigenvalue weighted by Gasteiger charge is 2.08. The second-order valence-corrected chi connectivity index (χ2v) is 3.75. The minimum atomic E-state index is -0.876. The lowest BCUT2D eigenvalue weighted by atomic mass is 10.1. The molecule has 0 radical (unpaired) electrons. The van der Waals surface area contributed by atoms with Crippen LogP contribution in [0.3, 0.4) is 0 Å². The summed E-state index contributed by atoms with van der Waals surface area (Å²) in [7, 11) is 0. The zero-order chi connectivity index (χ0) is 13.0. The van der Waals surface area contributed by atoms with E-state index in [1.807, 2.05) is 24.3 Å². The van der Waals surface area contributed by atoms with E-state index in [1.54, 1.807) is 0 Å². The fourth-order valence-corrected chi connectivity index (χ4v) is 1.71. The van der Waals surface area contributed by atoms with Crippen LogP contribution in [0.4, 0.5) is 5.69 Å². The molecule has 2 rings (SSSR count). The maximum Gasteiger partial charge on any atom is 0.305 e. The first-order chi connectivity index (χ1) is 8.72. The average molecular weight is 241 g/mol. The van der Waals surface area contributed by atoms with Crippen molar-refractivity contribution in [2.45, 2.75) is 6.42 Å². The smallest absolute Gasteiger partial charge is 0.305 e. The van der Waals surface area contributed by atoms with E-state index >= 15 is 0 Å². The van der Waals surface area contributed by atoms with E-state index in [-0.39, 0.29) is 13.0 Å². The number of nitrogens with one attached hydrogen (secondary N) is 1.